The van der Waals surface area contributed by atoms with Gasteiger partial charge in [0, 0.05) is 28.2 Å². The molecule has 0 aliphatic heterocycles. The van der Waals surface area contributed by atoms with Gasteiger partial charge in [-0.15, -0.1) is 0 Å². The number of rotatable bonds is 3. The first-order valence-electron chi connectivity index (χ1n) is 5.85. The van der Waals surface area contributed by atoms with E-state index in [-0.39, 0.29) is 11.7 Å². The Kier molecular flexibility index (Phi) is 4.29. The van der Waals surface area contributed by atoms with Crippen molar-refractivity contribution in [2.24, 2.45) is 0 Å². The molecule has 20 heavy (non-hydrogen) atoms. The van der Waals surface area contributed by atoms with Gasteiger partial charge in [-0.05, 0) is 58.4 Å². The Balaban J connectivity index is 2.27. The van der Waals surface area contributed by atoms with Crippen LogP contribution in [-0.4, -0.2) is 11.7 Å². The van der Waals surface area contributed by atoms with E-state index in [0.717, 1.165) is 0 Å². The number of carbonyl (C=O) groups excluding carboxylic acids is 2. The maximum absolute atomic E-state index is 13.0. The van der Waals surface area contributed by atoms with Gasteiger partial charge in [-0.25, -0.2) is 4.39 Å². The van der Waals surface area contributed by atoms with E-state index < -0.39 is 5.82 Å². The van der Waals surface area contributed by atoms with Crippen LogP contribution in [0, 0.1) is 5.82 Å². The van der Waals surface area contributed by atoms with Gasteiger partial charge in [-0.3, -0.25) is 9.59 Å². The average molecular weight is 336 g/mol. The molecule has 0 aliphatic carbocycles. The van der Waals surface area contributed by atoms with Crippen LogP contribution in [0.1, 0.15) is 22.8 Å². The fourth-order valence-corrected chi connectivity index (χ4v) is 2.27. The monoisotopic (exact) mass is 335 g/mol. The largest absolute Gasteiger partial charge is 0.326 e. The molecule has 5 heteroatoms. The van der Waals surface area contributed by atoms with Crippen LogP contribution >= 0.6 is 15.9 Å². The van der Waals surface area contributed by atoms with Gasteiger partial charge in [0.05, 0.1) is 0 Å². The van der Waals surface area contributed by atoms with Crippen LogP contribution in [0.15, 0.2) is 46.9 Å². The zero-order valence-electron chi connectivity index (χ0n) is 10.6. The number of halogens is 2. The summed E-state index contributed by atoms with van der Waals surface area (Å²) in [5.74, 6) is -0.800. The second-order valence-corrected chi connectivity index (χ2v) is 5.07. The predicted molar refractivity (Wildman–Crippen MR) is 78.3 cm³/mol. The smallest absolute Gasteiger partial charge is 0.221 e. The summed E-state index contributed by atoms with van der Waals surface area (Å²) in [5, 5.41) is 2.62. The van der Waals surface area contributed by atoms with Crippen molar-refractivity contribution in [3.05, 3.63) is 63.9 Å². The van der Waals surface area contributed by atoms with Crippen LogP contribution < -0.4 is 5.32 Å². The van der Waals surface area contributed by atoms with Crippen molar-refractivity contribution >= 4 is 33.3 Å². The van der Waals surface area contributed by atoms with E-state index in [4.69, 9.17) is 0 Å². The molecule has 0 saturated heterocycles. The molecule has 0 aliphatic rings. The summed E-state index contributed by atoms with van der Waals surface area (Å²) in [6.45, 7) is 1.41. The molecule has 0 saturated carbocycles. The number of amides is 1. The third-order valence-electron chi connectivity index (χ3n) is 2.64. The van der Waals surface area contributed by atoms with E-state index in [1.54, 1.807) is 24.3 Å². The van der Waals surface area contributed by atoms with E-state index >= 15 is 0 Å². The number of hydrogen-bond acceptors (Lipinski definition) is 2. The molecule has 2 aromatic rings. The molecule has 3 nitrogen and oxygen atoms in total. The van der Waals surface area contributed by atoms with Crippen LogP contribution in [-0.2, 0) is 4.79 Å². The molecule has 1 amide bonds. The van der Waals surface area contributed by atoms with E-state index in [0.29, 0.717) is 21.3 Å². The Morgan fingerprint density at radius 3 is 2.30 bits per heavy atom. The first-order chi connectivity index (χ1) is 9.47. The molecule has 2 aromatic carbocycles. The quantitative estimate of drug-likeness (QED) is 0.867. The van der Waals surface area contributed by atoms with Crippen molar-refractivity contribution in [1.29, 1.82) is 0 Å². The molecule has 0 bridgehead atoms. The Morgan fingerprint density at radius 2 is 1.75 bits per heavy atom. The van der Waals surface area contributed by atoms with Crippen molar-refractivity contribution < 1.29 is 14.0 Å². The van der Waals surface area contributed by atoms with E-state index in [1.165, 1.54) is 25.1 Å². The lowest BCUT2D eigenvalue weighted by atomic mass is 10.0. The van der Waals surface area contributed by atoms with Crippen molar-refractivity contribution in [2.45, 2.75) is 6.92 Å². The Morgan fingerprint density at radius 1 is 1.10 bits per heavy atom. The Labute approximate surface area is 123 Å². The van der Waals surface area contributed by atoms with Crippen LogP contribution in [0.3, 0.4) is 0 Å². The highest BCUT2D eigenvalue weighted by Gasteiger charge is 2.13. The first-order valence-corrected chi connectivity index (χ1v) is 6.64. The molecule has 0 heterocycles. The number of carbonyl (C=O) groups is 2. The summed E-state index contributed by atoms with van der Waals surface area (Å²) >= 11 is 3.17. The summed E-state index contributed by atoms with van der Waals surface area (Å²) in [6.07, 6.45) is 0. The molecule has 102 valence electrons. The van der Waals surface area contributed by atoms with E-state index in [9.17, 15) is 14.0 Å². The Hall–Kier alpha value is -2.01. The third kappa shape index (κ3) is 3.30. The van der Waals surface area contributed by atoms with Crippen LogP contribution in [0.25, 0.3) is 0 Å². The highest BCUT2D eigenvalue weighted by Crippen LogP contribution is 2.22. The molecule has 0 fully saturated rings. The zero-order valence-corrected chi connectivity index (χ0v) is 12.2. The van der Waals surface area contributed by atoms with E-state index in [2.05, 4.69) is 21.2 Å². The van der Waals surface area contributed by atoms with Gasteiger partial charge in [0.15, 0.2) is 5.78 Å². The minimum atomic E-state index is -0.408. The maximum atomic E-state index is 13.0. The fraction of sp³-hybridized carbons (Fsp3) is 0.0667. The van der Waals surface area contributed by atoms with Crippen molar-refractivity contribution in [3.8, 4) is 0 Å². The van der Waals surface area contributed by atoms with Crippen molar-refractivity contribution in [1.82, 2.24) is 0 Å². The second kappa shape index (κ2) is 5.96. The van der Waals surface area contributed by atoms with Gasteiger partial charge in [0.25, 0.3) is 0 Å². The minimum absolute atomic E-state index is 0.176. The highest BCUT2D eigenvalue weighted by atomic mass is 79.9. The summed E-state index contributed by atoms with van der Waals surface area (Å²) in [5.41, 5.74) is 1.47. The summed E-state index contributed by atoms with van der Waals surface area (Å²) < 4.78 is 13.4. The van der Waals surface area contributed by atoms with Gasteiger partial charge in [0.1, 0.15) is 5.82 Å². The maximum Gasteiger partial charge on any atom is 0.221 e. The van der Waals surface area contributed by atoms with Gasteiger partial charge in [-0.1, -0.05) is 0 Å². The summed E-state index contributed by atoms with van der Waals surface area (Å²) in [6, 6.07) is 10.4. The number of benzene rings is 2. The molecule has 0 spiro atoms. The van der Waals surface area contributed by atoms with Gasteiger partial charge < -0.3 is 5.32 Å². The van der Waals surface area contributed by atoms with Gasteiger partial charge in [-0.2, -0.15) is 0 Å². The zero-order chi connectivity index (χ0) is 14.7. The lowest BCUT2D eigenvalue weighted by molar-refractivity contribution is -0.114. The average Bonchev–Trinajstić information content (AvgIpc) is 2.38. The number of nitrogens with one attached hydrogen (secondary N) is 1. The SMILES string of the molecule is CC(=O)Nc1ccc(C(=O)c2ccc(F)cc2Br)cc1. The molecular weight excluding hydrogens is 325 g/mol. The number of hydrogen-bond donors (Lipinski definition) is 1. The summed E-state index contributed by atoms with van der Waals surface area (Å²) in [7, 11) is 0. The van der Waals surface area contributed by atoms with Crippen molar-refractivity contribution in [3.63, 3.8) is 0 Å². The van der Waals surface area contributed by atoms with E-state index in [1.807, 2.05) is 0 Å². The minimum Gasteiger partial charge on any atom is -0.326 e. The molecule has 0 radical (unpaired) electrons. The second-order valence-electron chi connectivity index (χ2n) is 4.21. The molecule has 2 rings (SSSR count). The van der Waals surface area contributed by atoms with Gasteiger partial charge in [0.2, 0.25) is 5.91 Å². The van der Waals surface area contributed by atoms with Crippen LogP contribution in [0.2, 0.25) is 0 Å². The number of ketones is 1. The topological polar surface area (TPSA) is 46.2 Å². The molecule has 0 atom stereocenters. The first kappa shape index (κ1) is 14.4. The number of anilines is 1. The Bertz CT molecular complexity index is 668. The third-order valence-corrected chi connectivity index (χ3v) is 3.30. The van der Waals surface area contributed by atoms with Gasteiger partial charge >= 0.3 is 0 Å². The van der Waals surface area contributed by atoms with Crippen LogP contribution in [0.4, 0.5) is 10.1 Å². The summed E-state index contributed by atoms with van der Waals surface area (Å²) in [4.78, 5) is 23.2. The molecular formula is C15H11BrFNO2. The highest BCUT2D eigenvalue weighted by molar-refractivity contribution is 9.10. The molecule has 0 aromatic heterocycles. The lowest BCUT2D eigenvalue weighted by Crippen LogP contribution is -2.07. The predicted octanol–water partition coefficient (Wildman–Crippen LogP) is 3.78. The van der Waals surface area contributed by atoms with Crippen LogP contribution in [0.5, 0.6) is 0 Å². The standard InChI is InChI=1S/C15H11BrFNO2/c1-9(19)18-12-5-2-10(3-6-12)15(20)13-7-4-11(17)8-14(13)16/h2-8H,1H3,(H,18,19). The lowest BCUT2D eigenvalue weighted by Gasteiger charge is -2.06. The normalized spacial score (nSPS) is 10.2. The fourth-order valence-electron chi connectivity index (χ4n) is 1.74. The molecule has 1 N–H and O–H groups in total. The molecule has 0 unspecified atom stereocenters. The van der Waals surface area contributed by atoms with Crippen molar-refractivity contribution in [2.75, 3.05) is 5.32 Å².